The first-order valence-electron chi connectivity index (χ1n) is 5.29. The van der Waals surface area contributed by atoms with Gasteiger partial charge in [0.1, 0.15) is 17.4 Å². The normalized spacial score (nSPS) is 11.0. The third-order valence-corrected chi connectivity index (χ3v) is 3.25. The number of tetrazole rings is 1. The Kier molecular flexibility index (Phi) is 4.55. The Balaban J connectivity index is 2.28. The lowest BCUT2D eigenvalue weighted by molar-refractivity contribution is 0.412. The molecule has 0 atom stereocenters. The van der Waals surface area contributed by atoms with E-state index in [4.69, 9.17) is 21.6 Å². The van der Waals surface area contributed by atoms with Crippen molar-refractivity contribution in [3.05, 3.63) is 33.7 Å². The fourth-order valence-electron chi connectivity index (χ4n) is 1.37. The van der Waals surface area contributed by atoms with Crippen molar-refractivity contribution in [1.29, 1.82) is 5.26 Å². The first-order chi connectivity index (χ1) is 9.65. The Morgan fingerprint density at radius 2 is 2.40 bits per heavy atom. The van der Waals surface area contributed by atoms with Crippen LogP contribution in [-0.4, -0.2) is 27.7 Å². The van der Waals surface area contributed by atoms with E-state index in [0.717, 1.165) is 4.47 Å². The van der Waals surface area contributed by atoms with Gasteiger partial charge in [-0.15, -0.1) is 10.2 Å². The molecule has 0 saturated heterocycles. The second-order valence-electron chi connectivity index (χ2n) is 3.52. The highest BCUT2D eigenvalue weighted by molar-refractivity contribution is 9.10. The molecule has 7 nitrogen and oxygen atoms in total. The lowest BCUT2D eigenvalue weighted by Crippen LogP contribution is -1.95. The number of benzene rings is 1. The van der Waals surface area contributed by atoms with Gasteiger partial charge in [0.25, 0.3) is 0 Å². The van der Waals surface area contributed by atoms with Gasteiger partial charge in [-0.3, -0.25) is 0 Å². The van der Waals surface area contributed by atoms with Crippen molar-refractivity contribution in [1.82, 2.24) is 20.6 Å². The van der Waals surface area contributed by atoms with Crippen LogP contribution in [-0.2, 0) is 0 Å². The topological polar surface area (TPSA) is 99.5 Å². The number of nitrogens with one attached hydrogen (secondary N) is 2. The SMILES string of the molecule is COc1cc(NC=C(C#N)c2nn[nH]n2)c(Cl)cc1Br. The molecule has 0 fully saturated rings. The summed E-state index contributed by atoms with van der Waals surface area (Å²) in [5.74, 6) is 0.809. The molecule has 0 aliphatic rings. The number of halogens is 2. The zero-order chi connectivity index (χ0) is 14.5. The van der Waals surface area contributed by atoms with E-state index in [0.29, 0.717) is 16.5 Å². The van der Waals surface area contributed by atoms with Gasteiger partial charge >= 0.3 is 0 Å². The maximum absolute atomic E-state index is 9.04. The fourth-order valence-corrected chi connectivity index (χ4v) is 2.22. The van der Waals surface area contributed by atoms with Crippen molar-refractivity contribution < 1.29 is 4.74 Å². The summed E-state index contributed by atoms with van der Waals surface area (Å²) in [6.07, 6.45) is 1.44. The number of nitrogens with zero attached hydrogens (tertiary/aromatic N) is 4. The minimum absolute atomic E-state index is 0.195. The Hall–Kier alpha value is -2.11. The number of allylic oxidation sites excluding steroid dienone is 1. The van der Waals surface area contributed by atoms with E-state index in [9.17, 15) is 0 Å². The molecule has 0 aliphatic heterocycles. The molecular formula is C11H8BrClN6O. The van der Waals surface area contributed by atoms with Gasteiger partial charge in [-0.2, -0.15) is 10.5 Å². The van der Waals surface area contributed by atoms with Crippen molar-refractivity contribution in [2.45, 2.75) is 0 Å². The molecule has 20 heavy (non-hydrogen) atoms. The Labute approximate surface area is 127 Å². The molecule has 0 aliphatic carbocycles. The van der Waals surface area contributed by atoms with Crippen LogP contribution in [0.1, 0.15) is 5.82 Å². The molecule has 0 saturated carbocycles. The van der Waals surface area contributed by atoms with Gasteiger partial charge in [-0.05, 0) is 27.2 Å². The van der Waals surface area contributed by atoms with Crippen LogP contribution in [0.25, 0.3) is 5.57 Å². The smallest absolute Gasteiger partial charge is 0.216 e. The molecule has 1 heterocycles. The number of aromatic amines is 1. The van der Waals surface area contributed by atoms with Crippen LogP contribution in [0.15, 0.2) is 22.8 Å². The van der Waals surface area contributed by atoms with E-state index in [2.05, 4.69) is 41.9 Å². The second kappa shape index (κ2) is 6.36. The zero-order valence-corrected chi connectivity index (χ0v) is 12.5. The van der Waals surface area contributed by atoms with Gasteiger partial charge in [-0.1, -0.05) is 11.6 Å². The molecule has 2 N–H and O–H groups in total. The molecule has 0 spiro atoms. The maximum atomic E-state index is 9.04. The average molecular weight is 356 g/mol. The summed E-state index contributed by atoms with van der Waals surface area (Å²) in [7, 11) is 1.55. The summed E-state index contributed by atoms with van der Waals surface area (Å²) in [5, 5.41) is 25.6. The van der Waals surface area contributed by atoms with Gasteiger partial charge in [0, 0.05) is 12.3 Å². The third kappa shape index (κ3) is 3.07. The number of hydrogen-bond acceptors (Lipinski definition) is 6. The third-order valence-electron chi connectivity index (χ3n) is 2.32. The summed E-state index contributed by atoms with van der Waals surface area (Å²) in [6, 6.07) is 5.36. The van der Waals surface area contributed by atoms with E-state index in [1.807, 2.05) is 6.07 Å². The van der Waals surface area contributed by atoms with E-state index in [-0.39, 0.29) is 11.4 Å². The van der Waals surface area contributed by atoms with E-state index in [1.165, 1.54) is 6.20 Å². The van der Waals surface area contributed by atoms with Crippen LogP contribution in [0.5, 0.6) is 5.75 Å². The summed E-state index contributed by atoms with van der Waals surface area (Å²) >= 11 is 9.43. The Morgan fingerprint density at radius 1 is 1.60 bits per heavy atom. The molecular weight excluding hydrogens is 348 g/mol. The van der Waals surface area contributed by atoms with Crippen LogP contribution >= 0.6 is 27.5 Å². The van der Waals surface area contributed by atoms with Crippen molar-refractivity contribution in [2.75, 3.05) is 12.4 Å². The van der Waals surface area contributed by atoms with Crippen molar-refractivity contribution in [3.8, 4) is 11.8 Å². The van der Waals surface area contributed by atoms with E-state index in [1.54, 1.807) is 19.2 Å². The maximum Gasteiger partial charge on any atom is 0.216 e. The molecule has 2 rings (SSSR count). The average Bonchev–Trinajstić information content (AvgIpc) is 2.95. The number of anilines is 1. The zero-order valence-electron chi connectivity index (χ0n) is 10.2. The second-order valence-corrected chi connectivity index (χ2v) is 4.78. The highest BCUT2D eigenvalue weighted by Gasteiger charge is 2.09. The summed E-state index contributed by atoms with van der Waals surface area (Å²) in [6.45, 7) is 0. The highest BCUT2D eigenvalue weighted by Crippen LogP contribution is 2.34. The predicted octanol–water partition coefficient (Wildman–Crippen LogP) is 2.60. The van der Waals surface area contributed by atoms with Gasteiger partial charge in [0.15, 0.2) is 0 Å². The molecule has 9 heteroatoms. The summed E-state index contributed by atoms with van der Waals surface area (Å²) < 4.78 is 5.91. The lowest BCUT2D eigenvalue weighted by Gasteiger charge is -2.09. The number of aromatic nitrogens is 4. The fraction of sp³-hybridized carbons (Fsp3) is 0.0909. The first-order valence-corrected chi connectivity index (χ1v) is 6.46. The summed E-state index contributed by atoms with van der Waals surface area (Å²) in [5.41, 5.74) is 0.805. The van der Waals surface area contributed by atoms with Crippen LogP contribution in [0.2, 0.25) is 5.02 Å². The van der Waals surface area contributed by atoms with Crippen LogP contribution in [0.3, 0.4) is 0 Å². The highest BCUT2D eigenvalue weighted by atomic mass is 79.9. The van der Waals surface area contributed by atoms with Gasteiger partial charge < -0.3 is 10.1 Å². The largest absolute Gasteiger partial charge is 0.495 e. The number of nitriles is 1. The standard InChI is InChI=1S/C11H8BrClN6O/c1-20-10-3-9(8(13)2-7(10)12)15-5-6(4-14)11-16-18-19-17-11/h2-3,5,15H,1H3,(H,16,17,18,19). The minimum Gasteiger partial charge on any atom is -0.495 e. The molecule has 0 amide bonds. The lowest BCUT2D eigenvalue weighted by atomic mass is 10.2. The van der Waals surface area contributed by atoms with Crippen molar-refractivity contribution in [3.63, 3.8) is 0 Å². The van der Waals surface area contributed by atoms with Crippen LogP contribution in [0.4, 0.5) is 5.69 Å². The molecule has 0 bridgehead atoms. The number of hydrogen-bond donors (Lipinski definition) is 2. The Bertz CT molecular complexity index is 679. The van der Waals surface area contributed by atoms with Gasteiger partial charge in [0.2, 0.25) is 5.82 Å². The van der Waals surface area contributed by atoms with Gasteiger partial charge in [0.05, 0.1) is 22.3 Å². The van der Waals surface area contributed by atoms with Crippen molar-refractivity contribution in [2.24, 2.45) is 0 Å². The number of H-pyrrole nitrogens is 1. The number of rotatable bonds is 4. The molecule has 0 radical (unpaired) electrons. The van der Waals surface area contributed by atoms with Gasteiger partial charge in [-0.25, -0.2) is 0 Å². The summed E-state index contributed by atoms with van der Waals surface area (Å²) in [4.78, 5) is 0. The monoisotopic (exact) mass is 354 g/mol. The molecule has 102 valence electrons. The van der Waals surface area contributed by atoms with Crippen molar-refractivity contribution >= 4 is 38.8 Å². The Morgan fingerprint density at radius 3 is 3.00 bits per heavy atom. The predicted molar refractivity (Wildman–Crippen MR) is 77.1 cm³/mol. The number of methoxy groups -OCH3 is 1. The molecule has 1 aromatic heterocycles. The van der Waals surface area contributed by atoms with E-state index < -0.39 is 0 Å². The minimum atomic E-state index is 0.195. The number of ether oxygens (including phenoxy) is 1. The van der Waals surface area contributed by atoms with Crippen LogP contribution in [0, 0.1) is 11.3 Å². The quantitative estimate of drug-likeness (QED) is 0.818. The van der Waals surface area contributed by atoms with Crippen LogP contribution < -0.4 is 10.1 Å². The molecule has 0 unspecified atom stereocenters. The molecule has 2 aromatic rings. The molecule has 1 aromatic carbocycles. The first kappa shape index (κ1) is 14.3. The van der Waals surface area contributed by atoms with E-state index >= 15 is 0 Å².